The van der Waals surface area contributed by atoms with E-state index >= 15 is 0 Å². The van der Waals surface area contributed by atoms with Crippen molar-refractivity contribution in [2.45, 2.75) is 13.8 Å². The van der Waals surface area contributed by atoms with Crippen molar-refractivity contribution in [2.75, 3.05) is 25.6 Å². The summed E-state index contributed by atoms with van der Waals surface area (Å²) in [5.74, 6) is 1.59. The van der Waals surface area contributed by atoms with Crippen LogP contribution in [0.2, 0.25) is 5.02 Å². The SMILES string of the molecule is COc1cc(/C=C(/C#N)C(=O)Nc2cc(C)on2)cc(Cl)c1OCCOc1ccccc1C. The number of anilines is 1. The van der Waals surface area contributed by atoms with Crippen molar-refractivity contribution < 1.29 is 23.5 Å². The smallest absolute Gasteiger partial charge is 0.267 e. The molecule has 0 radical (unpaired) electrons. The Hall–Kier alpha value is -3.96. The molecule has 9 heteroatoms. The molecule has 0 atom stereocenters. The molecule has 33 heavy (non-hydrogen) atoms. The fourth-order valence-electron chi connectivity index (χ4n) is 2.90. The number of nitriles is 1. The first-order chi connectivity index (χ1) is 15.9. The Balaban J connectivity index is 1.70. The summed E-state index contributed by atoms with van der Waals surface area (Å²) in [6.07, 6.45) is 1.39. The number of methoxy groups -OCH3 is 1. The predicted octanol–water partition coefficient (Wildman–Crippen LogP) is 4.96. The molecule has 1 heterocycles. The van der Waals surface area contributed by atoms with Crippen molar-refractivity contribution in [1.29, 1.82) is 5.26 Å². The molecule has 1 N–H and O–H groups in total. The average Bonchev–Trinajstić information content (AvgIpc) is 3.21. The summed E-state index contributed by atoms with van der Waals surface area (Å²) in [7, 11) is 1.47. The molecule has 0 aliphatic heterocycles. The Kier molecular flexibility index (Phi) is 7.95. The van der Waals surface area contributed by atoms with Crippen LogP contribution in [0.4, 0.5) is 5.82 Å². The molecule has 1 aromatic heterocycles. The van der Waals surface area contributed by atoms with Crippen LogP contribution >= 0.6 is 11.6 Å². The van der Waals surface area contributed by atoms with Gasteiger partial charge in [-0.2, -0.15) is 5.26 Å². The van der Waals surface area contributed by atoms with Gasteiger partial charge in [-0.15, -0.1) is 0 Å². The fourth-order valence-corrected chi connectivity index (χ4v) is 3.17. The molecule has 1 amide bonds. The van der Waals surface area contributed by atoms with Crippen molar-refractivity contribution in [2.24, 2.45) is 0 Å². The maximum atomic E-state index is 12.4. The Morgan fingerprint density at radius 1 is 1.18 bits per heavy atom. The van der Waals surface area contributed by atoms with Crippen LogP contribution in [-0.4, -0.2) is 31.4 Å². The molecule has 0 fully saturated rings. The van der Waals surface area contributed by atoms with Gasteiger partial charge in [0.05, 0.1) is 12.1 Å². The lowest BCUT2D eigenvalue weighted by molar-refractivity contribution is -0.112. The minimum Gasteiger partial charge on any atom is -0.493 e. The maximum absolute atomic E-state index is 12.4. The van der Waals surface area contributed by atoms with Crippen molar-refractivity contribution in [3.05, 3.63) is 69.9 Å². The average molecular weight is 468 g/mol. The number of amides is 1. The first-order valence-electron chi connectivity index (χ1n) is 9.96. The Bertz CT molecular complexity index is 1210. The van der Waals surface area contributed by atoms with Crippen LogP contribution < -0.4 is 19.5 Å². The zero-order valence-corrected chi connectivity index (χ0v) is 19.1. The molecule has 0 aliphatic carbocycles. The van der Waals surface area contributed by atoms with Crippen molar-refractivity contribution in [3.63, 3.8) is 0 Å². The van der Waals surface area contributed by atoms with E-state index in [2.05, 4.69) is 10.5 Å². The van der Waals surface area contributed by atoms with Gasteiger partial charge in [0, 0.05) is 6.07 Å². The third kappa shape index (κ3) is 6.28. The van der Waals surface area contributed by atoms with Gasteiger partial charge in [-0.25, -0.2) is 0 Å². The molecule has 3 aromatic rings. The van der Waals surface area contributed by atoms with Crippen molar-refractivity contribution in [1.82, 2.24) is 5.16 Å². The Morgan fingerprint density at radius 3 is 2.61 bits per heavy atom. The van der Waals surface area contributed by atoms with E-state index in [1.165, 1.54) is 13.2 Å². The number of halogens is 1. The van der Waals surface area contributed by atoms with E-state index in [9.17, 15) is 10.1 Å². The zero-order chi connectivity index (χ0) is 23.8. The number of rotatable bonds is 9. The molecular weight excluding hydrogens is 446 g/mol. The molecule has 0 saturated heterocycles. The lowest BCUT2D eigenvalue weighted by Crippen LogP contribution is -2.13. The van der Waals surface area contributed by atoms with Gasteiger partial charge in [0.15, 0.2) is 17.3 Å². The van der Waals surface area contributed by atoms with Crippen LogP contribution in [0.25, 0.3) is 6.08 Å². The normalized spacial score (nSPS) is 10.9. The van der Waals surface area contributed by atoms with Gasteiger partial charge >= 0.3 is 0 Å². The molecule has 0 saturated carbocycles. The van der Waals surface area contributed by atoms with Gasteiger partial charge in [0.25, 0.3) is 5.91 Å². The number of nitrogens with zero attached hydrogens (tertiary/aromatic N) is 2. The quantitative estimate of drug-likeness (QED) is 0.269. The summed E-state index contributed by atoms with van der Waals surface area (Å²) in [5, 5.41) is 15.9. The zero-order valence-electron chi connectivity index (χ0n) is 18.3. The summed E-state index contributed by atoms with van der Waals surface area (Å²) in [4.78, 5) is 12.4. The van der Waals surface area contributed by atoms with Crippen LogP contribution in [0.1, 0.15) is 16.9 Å². The summed E-state index contributed by atoms with van der Waals surface area (Å²) in [6.45, 7) is 4.20. The number of hydrogen-bond donors (Lipinski definition) is 1. The van der Waals surface area contributed by atoms with Crippen LogP contribution in [0.15, 0.2) is 52.6 Å². The molecule has 0 aliphatic rings. The summed E-state index contributed by atoms with van der Waals surface area (Å²) >= 11 is 6.39. The van der Waals surface area contributed by atoms with E-state index in [0.717, 1.165) is 11.3 Å². The number of nitrogens with one attached hydrogen (secondary N) is 1. The van der Waals surface area contributed by atoms with E-state index in [-0.39, 0.29) is 23.0 Å². The molecule has 0 unspecified atom stereocenters. The van der Waals surface area contributed by atoms with Crippen LogP contribution in [0.3, 0.4) is 0 Å². The highest BCUT2D eigenvalue weighted by Gasteiger charge is 2.15. The van der Waals surface area contributed by atoms with Crippen LogP contribution in [0.5, 0.6) is 17.2 Å². The van der Waals surface area contributed by atoms with Crippen LogP contribution in [0, 0.1) is 25.2 Å². The molecule has 170 valence electrons. The third-order valence-corrected chi connectivity index (χ3v) is 4.76. The van der Waals surface area contributed by atoms with Crippen LogP contribution in [-0.2, 0) is 4.79 Å². The van der Waals surface area contributed by atoms with Gasteiger partial charge in [-0.1, -0.05) is 35.0 Å². The highest BCUT2D eigenvalue weighted by Crippen LogP contribution is 2.37. The maximum Gasteiger partial charge on any atom is 0.267 e. The molecule has 0 spiro atoms. The topological polar surface area (TPSA) is 107 Å². The van der Waals surface area contributed by atoms with E-state index in [4.69, 9.17) is 30.3 Å². The minimum atomic E-state index is -0.630. The third-order valence-electron chi connectivity index (χ3n) is 4.48. The fraction of sp³-hybridized carbons (Fsp3) is 0.208. The van der Waals surface area contributed by atoms with E-state index < -0.39 is 5.91 Å². The molecular formula is C24H22ClN3O5. The number of aromatic nitrogens is 1. The Labute approximate surface area is 196 Å². The first-order valence-corrected chi connectivity index (χ1v) is 10.3. The second-order valence-electron chi connectivity index (χ2n) is 6.94. The number of carbonyl (C=O) groups is 1. The molecule has 3 rings (SSSR count). The number of carbonyl (C=O) groups excluding carboxylic acids is 1. The van der Waals surface area contributed by atoms with Crippen molar-refractivity contribution in [3.8, 4) is 23.3 Å². The highest BCUT2D eigenvalue weighted by molar-refractivity contribution is 6.32. The second-order valence-corrected chi connectivity index (χ2v) is 7.35. The van der Waals surface area contributed by atoms with Gasteiger partial charge in [-0.3, -0.25) is 4.79 Å². The number of benzene rings is 2. The summed E-state index contributed by atoms with van der Waals surface area (Å²) in [6, 6.07) is 14.3. The monoisotopic (exact) mass is 467 g/mol. The number of aryl methyl sites for hydroxylation is 2. The van der Waals surface area contributed by atoms with E-state index in [1.54, 1.807) is 25.1 Å². The summed E-state index contributed by atoms with van der Waals surface area (Å²) < 4.78 is 21.8. The van der Waals surface area contributed by atoms with Gasteiger partial charge in [0.1, 0.15) is 36.4 Å². The number of hydrogen-bond acceptors (Lipinski definition) is 7. The Morgan fingerprint density at radius 2 is 1.94 bits per heavy atom. The number of ether oxygens (including phenoxy) is 3. The first kappa shape index (κ1) is 23.7. The summed E-state index contributed by atoms with van der Waals surface area (Å²) in [5.41, 5.74) is 1.37. The van der Waals surface area contributed by atoms with Gasteiger partial charge in [-0.05, 0) is 49.2 Å². The van der Waals surface area contributed by atoms with Gasteiger partial charge < -0.3 is 24.1 Å². The lowest BCUT2D eigenvalue weighted by Gasteiger charge is -2.14. The second kappa shape index (κ2) is 11.1. The highest BCUT2D eigenvalue weighted by atomic mass is 35.5. The molecule has 2 aromatic carbocycles. The van der Waals surface area contributed by atoms with E-state index in [1.807, 2.05) is 37.3 Å². The van der Waals surface area contributed by atoms with Gasteiger partial charge in [0.2, 0.25) is 0 Å². The minimum absolute atomic E-state index is 0.144. The standard InChI is InChI=1S/C24H22ClN3O5/c1-15-6-4-5-7-20(15)31-8-9-32-23-19(25)12-17(13-21(23)30-3)11-18(14-26)24(29)27-22-10-16(2)33-28-22/h4-7,10-13H,8-9H2,1-3H3,(H,27,28,29)/b18-11-. The largest absolute Gasteiger partial charge is 0.493 e. The van der Waals surface area contributed by atoms with E-state index in [0.29, 0.717) is 29.4 Å². The van der Waals surface area contributed by atoms with Crippen molar-refractivity contribution >= 4 is 29.4 Å². The lowest BCUT2D eigenvalue weighted by atomic mass is 10.1. The molecule has 0 bridgehead atoms. The predicted molar refractivity (Wildman–Crippen MR) is 124 cm³/mol. The molecule has 8 nitrogen and oxygen atoms in total. The number of para-hydroxylation sites is 1.